The van der Waals surface area contributed by atoms with Crippen LogP contribution in [0.5, 0.6) is 5.75 Å². The van der Waals surface area contributed by atoms with Gasteiger partial charge in [-0.05, 0) is 29.8 Å². The first-order valence-electron chi connectivity index (χ1n) is 9.14. The van der Waals surface area contributed by atoms with Crippen molar-refractivity contribution in [2.75, 3.05) is 7.11 Å². The number of amides is 1. The molecule has 0 bridgehead atoms. The highest BCUT2D eigenvalue weighted by Gasteiger charge is 2.20. The molecule has 6 nitrogen and oxygen atoms in total. The second kappa shape index (κ2) is 9.75. The molecular weight excluding hydrogens is 424 g/mol. The van der Waals surface area contributed by atoms with Crippen LogP contribution in [0, 0.1) is 0 Å². The molecule has 0 saturated carbocycles. The number of sulfonamides is 1. The summed E-state index contributed by atoms with van der Waals surface area (Å²) in [5, 5.41) is 2.81. The summed E-state index contributed by atoms with van der Waals surface area (Å²) in [7, 11) is -2.35. The molecular formula is C22H21ClN2O4S. The molecule has 0 aliphatic heterocycles. The first kappa shape index (κ1) is 21.8. The van der Waals surface area contributed by atoms with Crippen LogP contribution in [0.1, 0.15) is 21.5 Å². The first-order valence-corrected chi connectivity index (χ1v) is 11.0. The molecule has 3 rings (SSSR count). The Morgan fingerprint density at radius 2 is 1.67 bits per heavy atom. The molecule has 0 aliphatic rings. The van der Waals surface area contributed by atoms with E-state index in [0.717, 1.165) is 11.1 Å². The fraction of sp³-hybridized carbons (Fsp3) is 0.136. The van der Waals surface area contributed by atoms with Crippen molar-refractivity contribution < 1.29 is 17.9 Å². The van der Waals surface area contributed by atoms with Crippen LogP contribution in [-0.4, -0.2) is 21.4 Å². The van der Waals surface area contributed by atoms with Gasteiger partial charge in [-0.25, -0.2) is 13.1 Å². The van der Waals surface area contributed by atoms with E-state index in [4.69, 9.17) is 16.3 Å². The SMILES string of the molecule is COc1ccccc1CNC(=O)c1ccc(Cl)c(S(=O)(=O)NCc2ccccc2)c1. The lowest BCUT2D eigenvalue weighted by Gasteiger charge is -2.12. The van der Waals surface area contributed by atoms with Crippen LogP contribution in [-0.2, 0) is 23.1 Å². The molecule has 8 heteroatoms. The number of ether oxygens (including phenoxy) is 1. The minimum Gasteiger partial charge on any atom is -0.496 e. The van der Waals surface area contributed by atoms with E-state index < -0.39 is 15.9 Å². The van der Waals surface area contributed by atoms with Gasteiger partial charge in [0.05, 0.1) is 12.1 Å². The first-order chi connectivity index (χ1) is 14.4. The molecule has 0 unspecified atom stereocenters. The number of hydrogen-bond donors (Lipinski definition) is 2. The Bertz CT molecular complexity index is 1130. The van der Waals surface area contributed by atoms with E-state index in [-0.39, 0.29) is 28.6 Å². The zero-order chi connectivity index (χ0) is 21.6. The molecule has 3 aromatic rings. The Hall–Kier alpha value is -2.87. The number of benzene rings is 3. The van der Waals surface area contributed by atoms with E-state index >= 15 is 0 Å². The van der Waals surface area contributed by atoms with Crippen molar-refractivity contribution in [2.24, 2.45) is 0 Å². The minimum atomic E-state index is -3.90. The summed E-state index contributed by atoms with van der Waals surface area (Å²) in [6, 6.07) is 20.6. The van der Waals surface area contributed by atoms with Crippen LogP contribution in [0.4, 0.5) is 0 Å². The van der Waals surface area contributed by atoms with Gasteiger partial charge in [0.2, 0.25) is 10.0 Å². The summed E-state index contributed by atoms with van der Waals surface area (Å²) in [5.41, 5.74) is 1.80. The van der Waals surface area contributed by atoms with Gasteiger partial charge in [-0.3, -0.25) is 4.79 Å². The average Bonchev–Trinajstić information content (AvgIpc) is 2.77. The van der Waals surface area contributed by atoms with Gasteiger partial charge in [-0.15, -0.1) is 0 Å². The Morgan fingerprint density at radius 3 is 2.40 bits per heavy atom. The normalized spacial score (nSPS) is 11.1. The van der Waals surface area contributed by atoms with Crippen LogP contribution in [0.2, 0.25) is 5.02 Å². The van der Waals surface area contributed by atoms with Crippen LogP contribution in [0.15, 0.2) is 77.7 Å². The standard InChI is InChI=1S/C22H21ClN2O4S/c1-29-20-10-6-5-9-18(20)15-24-22(26)17-11-12-19(23)21(13-17)30(27,28)25-14-16-7-3-2-4-8-16/h2-13,25H,14-15H2,1H3,(H,24,26). The molecule has 30 heavy (non-hydrogen) atoms. The number of rotatable bonds is 8. The molecule has 0 aromatic heterocycles. The molecule has 1 amide bonds. The molecule has 0 saturated heterocycles. The monoisotopic (exact) mass is 444 g/mol. The van der Waals surface area contributed by atoms with Gasteiger partial charge in [0.1, 0.15) is 10.6 Å². The zero-order valence-corrected chi connectivity index (χ0v) is 17.8. The quantitative estimate of drug-likeness (QED) is 0.554. The number of carbonyl (C=O) groups excluding carboxylic acids is 1. The Morgan fingerprint density at radius 1 is 0.967 bits per heavy atom. The summed E-state index contributed by atoms with van der Waals surface area (Å²) >= 11 is 6.11. The topological polar surface area (TPSA) is 84.5 Å². The van der Waals surface area contributed by atoms with Crippen molar-refractivity contribution in [1.82, 2.24) is 10.0 Å². The summed E-state index contributed by atoms with van der Waals surface area (Å²) in [5.74, 6) is 0.236. The van der Waals surface area contributed by atoms with Gasteiger partial charge in [0.15, 0.2) is 0 Å². The second-order valence-corrected chi connectivity index (χ2v) is 8.59. The number of hydrogen-bond acceptors (Lipinski definition) is 4. The van der Waals surface area contributed by atoms with E-state index in [1.54, 1.807) is 13.2 Å². The lowest BCUT2D eigenvalue weighted by atomic mass is 10.1. The van der Waals surface area contributed by atoms with Crippen LogP contribution < -0.4 is 14.8 Å². The predicted molar refractivity (Wildman–Crippen MR) is 116 cm³/mol. The largest absolute Gasteiger partial charge is 0.496 e. The maximum atomic E-state index is 12.7. The van der Waals surface area contributed by atoms with Crippen molar-refractivity contribution in [2.45, 2.75) is 18.0 Å². The summed E-state index contributed by atoms with van der Waals surface area (Å²) in [4.78, 5) is 12.4. The fourth-order valence-electron chi connectivity index (χ4n) is 2.83. The Kier molecular flexibility index (Phi) is 7.10. The van der Waals surface area contributed by atoms with Crippen molar-refractivity contribution >= 4 is 27.5 Å². The summed E-state index contributed by atoms with van der Waals surface area (Å²) in [6.45, 7) is 0.351. The molecule has 156 valence electrons. The van der Waals surface area contributed by atoms with Gasteiger partial charge in [0.25, 0.3) is 5.91 Å². The third-order valence-corrected chi connectivity index (χ3v) is 6.31. The van der Waals surface area contributed by atoms with Gasteiger partial charge in [-0.1, -0.05) is 60.1 Å². The minimum absolute atomic E-state index is 0.0387. The lowest BCUT2D eigenvalue weighted by Crippen LogP contribution is -2.26. The summed E-state index contributed by atoms with van der Waals surface area (Å²) < 4.78 is 33.2. The van der Waals surface area contributed by atoms with E-state index in [0.29, 0.717) is 5.75 Å². The molecule has 0 radical (unpaired) electrons. The average molecular weight is 445 g/mol. The van der Waals surface area contributed by atoms with Gasteiger partial charge in [0, 0.05) is 24.2 Å². The third kappa shape index (κ3) is 5.38. The van der Waals surface area contributed by atoms with Crippen molar-refractivity contribution in [3.05, 3.63) is 94.5 Å². The van der Waals surface area contributed by atoms with E-state index in [1.807, 2.05) is 48.5 Å². The molecule has 0 heterocycles. The van der Waals surface area contributed by atoms with Gasteiger partial charge in [-0.2, -0.15) is 0 Å². The third-order valence-electron chi connectivity index (χ3n) is 4.42. The highest BCUT2D eigenvalue weighted by atomic mass is 35.5. The van der Waals surface area contributed by atoms with Gasteiger partial charge < -0.3 is 10.1 Å². The molecule has 2 N–H and O–H groups in total. The molecule has 0 atom stereocenters. The number of methoxy groups -OCH3 is 1. The number of para-hydroxylation sites is 1. The predicted octanol–water partition coefficient (Wildman–Crippen LogP) is 3.76. The van der Waals surface area contributed by atoms with Crippen molar-refractivity contribution in [3.63, 3.8) is 0 Å². The van der Waals surface area contributed by atoms with Crippen LogP contribution in [0.3, 0.4) is 0 Å². The zero-order valence-electron chi connectivity index (χ0n) is 16.3. The van der Waals surface area contributed by atoms with E-state index in [9.17, 15) is 13.2 Å². The number of carbonyl (C=O) groups is 1. The maximum Gasteiger partial charge on any atom is 0.251 e. The van der Waals surface area contributed by atoms with Crippen molar-refractivity contribution in [3.8, 4) is 5.75 Å². The summed E-state index contributed by atoms with van der Waals surface area (Å²) in [6.07, 6.45) is 0. The number of halogens is 1. The Labute approximate surface area is 180 Å². The van der Waals surface area contributed by atoms with E-state index in [2.05, 4.69) is 10.0 Å². The fourth-order valence-corrected chi connectivity index (χ4v) is 4.37. The van der Waals surface area contributed by atoms with Gasteiger partial charge >= 0.3 is 0 Å². The second-order valence-electron chi connectivity index (χ2n) is 6.45. The van der Waals surface area contributed by atoms with E-state index in [1.165, 1.54) is 18.2 Å². The molecule has 3 aromatic carbocycles. The molecule has 0 fully saturated rings. The molecule has 0 spiro atoms. The van der Waals surface area contributed by atoms with Crippen LogP contribution >= 0.6 is 11.6 Å². The highest BCUT2D eigenvalue weighted by Crippen LogP contribution is 2.23. The van der Waals surface area contributed by atoms with Crippen LogP contribution in [0.25, 0.3) is 0 Å². The van der Waals surface area contributed by atoms with Crippen molar-refractivity contribution in [1.29, 1.82) is 0 Å². The lowest BCUT2D eigenvalue weighted by molar-refractivity contribution is 0.0950. The Balaban J connectivity index is 1.74. The molecule has 0 aliphatic carbocycles. The maximum absolute atomic E-state index is 12.7. The number of nitrogens with one attached hydrogen (secondary N) is 2. The smallest absolute Gasteiger partial charge is 0.251 e. The highest BCUT2D eigenvalue weighted by molar-refractivity contribution is 7.89.